The fourth-order valence-electron chi connectivity index (χ4n) is 2.10. The average Bonchev–Trinajstić information content (AvgIpc) is 2.62. The topological polar surface area (TPSA) is 60.2 Å². The van der Waals surface area contributed by atoms with Crippen LogP contribution >= 0.6 is 15.9 Å². The van der Waals surface area contributed by atoms with Crippen LogP contribution in [-0.2, 0) is 9.84 Å². The minimum atomic E-state index is -2.93. The zero-order chi connectivity index (χ0) is 12.6. The standard InChI is InChI=1S/C11H13BrFNO2S/c12-9-5-7(1-2-10(9)13)11(14)8-3-4-17(15,16)6-8/h1-2,5,8,11H,3-4,6,14H2. The lowest BCUT2D eigenvalue weighted by Gasteiger charge is -2.18. The minimum absolute atomic E-state index is 0.0719. The predicted octanol–water partition coefficient (Wildman–Crippen LogP) is 2.02. The minimum Gasteiger partial charge on any atom is -0.324 e. The largest absolute Gasteiger partial charge is 0.324 e. The number of nitrogens with two attached hydrogens (primary N) is 1. The van der Waals surface area contributed by atoms with Crippen molar-refractivity contribution in [2.75, 3.05) is 11.5 Å². The number of hydrogen-bond donors (Lipinski definition) is 1. The molecule has 0 aliphatic carbocycles. The van der Waals surface area contributed by atoms with Gasteiger partial charge in [0.15, 0.2) is 9.84 Å². The van der Waals surface area contributed by atoms with Gasteiger partial charge < -0.3 is 5.73 Å². The van der Waals surface area contributed by atoms with Gasteiger partial charge in [0.1, 0.15) is 5.82 Å². The predicted molar refractivity (Wildman–Crippen MR) is 67.8 cm³/mol. The van der Waals surface area contributed by atoms with Gasteiger partial charge in [0.2, 0.25) is 0 Å². The summed E-state index contributed by atoms with van der Waals surface area (Å²) in [6.45, 7) is 0. The van der Waals surface area contributed by atoms with E-state index in [1.807, 2.05) is 0 Å². The Hall–Kier alpha value is -0.460. The van der Waals surface area contributed by atoms with Gasteiger partial charge in [-0.3, -0.25) is 0 Å². The molecule has 0 bridgehead atoms. The third kappa shape index (κ3) is 2.86. The summed E-state index contributed by atoms with van der Waals surface area (Å²) in [6.07, 6.45) is 0.582. The normalized spacial score (nSPS) is 24.8. The van der Waals surface area contributed by atoms with Crippen LogP contribution < -0.4 is 5.73 Å². The summed E-state index contributed by atoms with van der Waals surface area (Å²) in [6, 6.07) is 4.20. The van der Waals surface area contributed by atoms with Crippen molar-refractivity contribution in [2.45, 2.75) is 12.5 Å². The third-order valence-electron chi connectivity index (χ3n) is 3.10. The molecule has 1 aromatic rings. The molecule has 6 heteroatoms. The van der Waals surface area contributed by atoms with Crippen LogP contribution in [0.5, 0.6) is 0 Å². The lowest BCUT2D eigenvalue weighted by atomic mass is 9.93. The van der Waals surface area contributed by atoms with Gasteiger partial charge in [0, 0.05) is 6.04 Å². The zero-order valence-electron chi connectivity index (χ0n) is 9.07. The van der Waals surface area contributed by atoms with Gasteiger partial charge in [-0.15, -0.1) is 0 Å². The first-order valence-corrected chi connectivity index (χ1v) is 7.91. The smallest absolute Gasteiger partial charge is 0.150 e. The quantitative estimate of drug-likeness (QED) is 0.906. The molecule has 3 nitrogen and oxygen atoms in total. The van der Waals surface area contributed by atoms with E-state index in [1.54, 1.807) is 12.1 Å². The van der Waals surface area contributed by atoms with Crippen LogP contribution in [0.1, 0.15) is 18.0 Å². The highest BCUT2D eigenvalue weighted by atomic mass is 79.9. The van der Waals surface area contributed by atoms with Gasteiger partial charge in [-0.05, 0) is 46.0 Å². The maximum absolute atomic E-state index is 13.1. The number of halogens is 2. The number of benzene rings is 1. The van der Waals surface area contributed by atoms with Gasteiger partial charge in [0.05, 0.1) is 16.0 Å². The van der Waals surface area contributed by atoms with Gasteiger partial charge in [-0.1, -0.05) is 6.07 Å². The van der Waals surface area contributed by atoms with E-state index in [9.17, 15) is 12.8 Å². The molecule has 0 saturated carbocycles. The van der Waals surface area contributed by atoms with E-state index in [0.717, 1.165) is 5.56 Å². The maximum atomic E-state index is 13.1. The number of rotatable bonds is 2. The summed E-state index contributed by atoms with van der Waals surface area (Å²) in [4.78, 5) is 0. The summed E-state index contributed by atoms with van der Waals surface area (Å²) in [5.41, 5.74) is 6.80. The van der Waals surface area contributed by atoms with Gasteiger partial charge >= 0.3 is 0 Å². The summed E-state index contributed by atoms with van der Waals surface area (Å²) in [5, 5.41) is 0. The second-order valence-corrected chi connectivity index (χ2v) is 7.45. The fraction of sp³-hybridized carbons (Fsp3) is 0.455. The van der Waals surface area contributed by atoms with Crippen LogP contribution in [0.2, 0.25) is 0 Å². The molecule has 2 unspecified atom stereocenters. The molecule has 1 aliphatic heterocycles. The lowest BCUT2D eigenvalue weighted by Crippen LogP contribution is -2.22. The van der Waals surface area contributed by atoms with Crippen molar-refractivity contribution in [3.8, 4) is 0 Å². The molecular weight excluding hydrogens is 309 g/mol. The van der Waals surface area contributed by atoms with Crippen LogP contribution in [0.3, 0.4) is 0 Å². The second-order valence-electron chi connectivity index (χ2n) is 4.36. The molecule has 2 atom stereocenters. The highest BCUT2D eigenvalue weighted by Gasteiger charge is 2.32. The molecule has 17 heavy (non-hydrogen) atoms. The van der Waals surface area contributed by atoms with Crippen molar-refractivity contribution in [3.63, 3.8) is 0 Å². The van der Waals surface area contributed by atoms with Crippen molar-refractivity contribution in [1.29, 1.82) is 0 Å². The molecular formula is C11H13BrFNO2S. The fourth-order valence-corrected chi connectivity index (χ4v) is 4.35. The maximum Gasteiger partial charge on any atom is 0.150 e. The average molecular weight is 322 g/mol. The van der Waals surface area contributed by atoms with Crippen molar-refractivity contribution in [2.24, 2.45) is 11.7 Å². The Labute approximate surface area is 108 Å². The Morgan fingerprint density at radius 3 is 2.71 bits per heavy atom. The zero-order valence-corrected chi connectivity index (χ0v) is 11.5. The number of hydrogen-bond acceptors (Lipinski definition) is 3. The Balaban J connectivity index is 2.20. The van der Waals surface area contributed by atoms with Gasteiger partial charge in [0.25, 0.3) is 0 Å². The van der Waals surface area contributed by atoms with Crippen molar-refractivity contribution < 1.29 is 12.8 Å². The van der Waals surface area contributed by atoms with Gasteiger partial charge in [-0.2, -0.15) is 0 Å². The molecule has 0 amide bonds. The van der Waals surface area contributed by atoms with Crippen molar-refractivity contribution >= 4 is 25.8 Å². The Morgan fingerprint density at radius 1 is 1.47 bits per heavy atom. The van der Waals surface area contributed by atoms with E-state index >= 15 is 0 Å². The second kappa shape index (κ2) is 4.66. The Bertz CT molecular complexity index is 532. The van der Waals surface area contributed by atoms with Crippen LogP contribution in [0, 0.1) is 11.7 Å². The van der Waals surface area contributed by atoms with Crippen molar-refractivity contribution in [1.82, 2.24) is 0 Å². The molecule has 94 valence electrons. The van der Waals surface area contributed by atoms with Crippen LogP contribution in [-0.4, -0.2) is 19.9 Å². The molecule has 0 radical (unpaired) electrons. The molecule has 0 spiro atoms. The van der Waals surface area contributed by atoms with E-state index in [-0.39, 0.29) is 29.3 Å². The Kier molecular flexibility index (Phi) is 3.56. The highest BCUT2D eigenvalue weighted by molar-refractivity contribution is 9.10. The van der Waals surface area contributed by atoms with E-state index in [2.05, 4.69) is 15.9 Å². The van der Waals surface area contributed by atoms with Crippen LogP contribution in [0.4, 0.5) is 4.39 Å². The summed E-state index contributed by atoms with van der Waals surface area (Å²) in [5.74, 6) is -0.0889. The SMILES string of the molecule is NC(c1ccc(F)c(Br)c1)C1CCS(=O)(=O)C1. The van der Waals surface area contributed by atoms with Crippen LogP contribution in [0.15, 0.2) is 22.7 Å². The van der Waals surface area contributed by atoms with Crippen molar-refractivity contribution in [3.05, 3.63) is 34.1 Å². The molecule has 2 rings (SSSR count). The number of sulfone groups is 1. The van der Waals surface area contributed by atoms with Gasteiger partial charge in [-0.25, -0.2) is 12.8 Å². The summed E-state index contributed by atoms with van der Waals surface area (Å²) in [7, 11) is -2.93. The Morgan fingerprint density at radius 2 is 2.18 bits per heavy atom. The third-order valence-corrected chi connectivity index (χ3v) is 5.51. The van der Waals surface area contributed by atoms with E-state index < -0.39 is 9.84 Å². The van der Waals surface area contributed by atoms with E-state index in [4.69, 9.17) is 5.73 Å². The summed E-state index contributed by atoms with van der Waals surface area (Å²) < 4.78 is 36.2. The highest BCUT2D eigenvalue weighted by Crippen LogP contribution is 2.31. The molecule has 1 fully saturated rings. The molecule has 0 aromatic heterocycles. The molecule has 1 aliphatic rings. The molecule has 1 aromatic carbocycles. The lowest BCUT2D eigenvalue weighted by molar-refractivity contribution is 0.479. The molecule has 2 N–H and O–H groups in total. The van der Waals surface area contributed by atoms with E-state index in [1.165, 1.54) is 6.07 Å². The van der Waals surface area contributed by atoms with E-state index in [0.29, 0.717) is 10.9 Å². The monoisotopic (exact) mass is 321 g/mol. The first-order valence-electron chi connectivity index (χ1n) is 5.30. The first kappa shape index (κ1) is 13.0. The van der Waals surface area contributed by atoms with Crippen LogP contribution in [0.25, 0.3) is 0 Å². The summed E-state index contributed by atoms with van der Waals surface area (Å²) >= 11 is 3.10. The first-order chi connectivity index (χ1) is 7.89. The molecule has 1 heterocycles. The molecule has 1 saturated heterocycles.